The molecule has 1 aromatic carbocycles. The number of thiophene rings is 1. The topological polar surface area (TPSA) is 17.1 Å². The Kier molecular flexibility index (Phi) is 4.02. The van der Waals surface area contributed by atoms with Crippen molar-refractivity contribution in [2.75, 3.05) is 0 Å². The molecule has 0 spiro atoms. The van der Waals surface area contributed by atoms with Gasteiger partial charge in [0.05, 0.1) is 13.7 Å². The van der Waals surface area contributed by atoms with Gasteiger partial charge < -0.3 is 0 Å². The van der Waals surface area contributed by atoms with E-state index in [4.69, 9.17) is 11.6 Å². The molecule has 0 aliphatic carbocycles. The Labute approximate surface area is 123 Å². The normalized spacial score (nSPS) is 10.6. The van der Waals surface area contributed by atoms with Gasteiger partial charge in [-0.1, -0.05) is 27.5 Å². The molecule has 1 nitrogen and oxygen atoms in total. The van der Waals surface area contributed by atoms with Gasteiger partial charge in [-0.15, -0.1) is 11.3 Å². The Morgan fingerprint density at radius 2 is 2.00 bits per heavy atom. The molecule has 1 heterocycles. The Balaban J connectivity index is 2.47. The second-order valence-corrected chi connectivity index (χ2v) is 6.82. The van der Waals surface area contributed by atoms with Crippen molar-refractivity contribution in [3.8, 4) is 0 Å². The maximum atomic E-state index is 13.1. The van der Waals surface area contributed by atoms with Crippen LogP contribution in [0, 0.1) is 5.82 Å². The van der Waals surface area contributed by atoms with Crippen LogP contribution < -0.4 is 0 Å². The molecular formula is C11H4Br2ClFOS. The van der Waals surface area contributed by atoms with Crippen molar-refractivity contribution in [1.29, 1.82) is 0 Å². The fourth-order valence-corrected chi connectivity index (χ4v) is 3.35. The largest absolute Gasteiger partial charge is 0.288 e. The van der Waals surface area contributed by atoms with Gasteiger partial charge in [-0.25, -0.2) is 4.39 Å². The van der Waals surface area contributed by atoms with Crippen molar-refractivity contribution in [3.63, 3.8) is 0 Å². The molecule has 0 bridgehead atoms. The summed E-state index contributed by atoms with van der Waals surface area (Å²) in [4.78, 5) is 12.6. The van der Waals surface area contributed by atoms with Gasteiger partial charge in [0.2, 0.25) is 5.78 Å². The number of benzene rings is 1. The van der Waals surface area contributed by atoms with E-state index >= 15 is 0 Å². The third-order valence-electron chi connectivity index (χ3n) is 2.04. The van der Waals surface area contributed by atoms with Crippen LogP contribution in [0.3, 0.4) is 0 Å². The quantitative estimate of drug-likeness (QED) is 0.628. The summed E-state index contributed by atoms with van der Waals surface area (Å²) >= 11 is 13.5. The average molecular weight is 398 g/mol. The van der Waals surface area contributed by atoms with Gasteiger partial charge in [0, 0.05) is 10.0 Å². The van der Waals surface area contributed by atoms with Gasteiger partial charge in [-0.2, -0.15) is 0 Å². The molecule has 0 atom stereocenters. The van der Waals surface area contributed by atoms with Crippen LogP contribution in [0.5, 0.6) is 0 Å². The minimum Gasteiger partial charge on any atom is -0.288 e. The zero-order valence-electron chi connectivity index (χ0n) is 8.14. The maximum Gasteiger partial charge on any atom is 0.204 e. The number of hydrogen-bond donors (Lipinski definition) is 0. The standard InChI is InChI=1S/C11H4Br2ClFOS/c12-7-2-1-5(15)3-6(7)10(16)9-4-8(14)11(13)17-9/h1-4H. The van der Waals surface area contributed by atoms with E-state index in [1.54, 1.807) is 6.07 Å². The van der Waals surface area contributed by atoms with Crippen LogP contribution in [0.15, 0.2) is 32.5 Å². The molecule has 6 heteroatoms. The minimum absolute atomic E-state index is 0.256. The van der Waals surface area contributed by atoms with Crippen molar-refractivity contribution >= 4 is 60.6 Å². The van der Waals surface area contributed by atoms with Gasteiger partial charge in [-0.05, 0) is 40.2 Å². The SMILES string of the molecule is O=C(c1cc(Cl)c(Br)s1)c1cc(F)ccc1Br. The van der Waals surface area contributed by atoms with Crippen LogP contribution in [0.25, 0.3) is 0 Å². The highest BCUT2D eigenvalue weighted by Crippen LogP contribution is 2.34. The van der Waals surface area contributed by atoms with Crippen LogP contribution in [-0.4, -0.2) is 5.78 Å². The molecule has 0 amide bonds. The summed E-state index contributed by atoms with van der Waals surface area (Å²) < 4.78 is 14.4. The summed E-state index contributed by atoms with van der Waals surface area (Å²) in [5, 5.41) is 0.478. The number of halogens is 4. The minimum atomic E-state index is -0.446. The molecule has 0 aliphatic heterocycles. The van der Waals surface area contributed by atoms with E-state index in [1.165, 1.54) is 29.5 Å². The number of carbonyl (C=O) groups excluding carboxylic acids is 1. The Bertz CT molecular complexity index is 578. The molecule has 0 aliphatic rings. The van der Waals surface area contributed by atoms with Crippen LogP contribution in [-0.2, 0) is 0 Å². The van der Waals surface area contributed by atoms with Crippen LogP contribution >= 0.6 is 54.8 Å². The van der Waals surface area contributed by atoms with E-state index in [2.05, 4.69) is 31.9 Å². The number of carbonyl (C=O) groups is 1. The second kappa shape index (κ2) is 5.18. The van der Waals surface area contributed by atoms with E-state index in [0.29, 0.717) is 18.2 Å². The zero-order chi connectivity index (χ0) is 12.6. The second-order valence-electron chi connectivity index (χ2n) is 3.19. The highest BCUT2D eigenvalue weighted by atomic mass is 79.9. The van der Waals surface area contributed by atoms with Gasteiger partial charge in [-0.3, -0.25) is 4.79 Å². The lowest BCUT2D eigenvalue weighted by Crippen LogP contribution is -2.00. The first-order valence-corrected chi connectivity index (χ1v) is 7.21. The molecule has 0 saturated heterocycles. The Morgan fingerprint density at radius 3 is 2.59 bits per heavy atom. The number of rotatable bonds is 2. The lowest BCUT2D eigenvalue weighted by atomic mass is 10.1. The highest BCUT2D eigenvalue weighted by Gasteiger charge is 2.17. The molecule has 2 aromatic rings. The molecule has 0 saturated carbocycles. The first-order chi connectivity index (χ1) is 7.99. The van der Waals surface area contributed by atoms with Crippen LogP contribution in [0.1, 0.15) is 15.2 Å². The predicted octanol–water partition coefficient (Wildman–Crippen LogP) is 5.30. The predicted molar refractivity (Wildman–Crippen MR) is 74.6 cm³/mol. The van der Waals surface area contributed by atoms with Gasteiger partial charge in [0.25, 0.3) is 0 Å². The molecule has 0 radical (unpaired) electrons. The summed E-state index contributed by atoms with van der Waals surface area (Å²) in [5.41, 5.74) is 0.287. The Morgan fingerprint density at radius 1 is 1.29 bits per heavy atom. The Hall–Kier alpha value is -0.230. The molecule has 2 rings (SSSR count). The summed E-state index contributed by atoms with van der Waals surface area (Å²) in [7, 11) is 0. The lowest BCUT2D eigenvalue weighted by molar-refractivity contribution is 0.104. The van der Waals surface area contributed by atoms with Gasteiger partial charge >= 0.3 is 0 Å². The third kappa shape index (κ3) is 2.78. The third-order valence-corrected chi connectivity index (χ3v) is 5.21. The first kappa shape index (κ1) is 13.2. The van der Waals surface area contributed by atoms with Crippen molar-refractivity contribution in [2.24, 2.45) is 0 Å². The number of hydrogen-bond acceptors (Lipinski definition) is 2. The molecule has 1 aromatic heterocycles. The van der Waals surface area contributed by atoms with Crippen molar-refractivity contribution in [2.45, 2.75) is 0 Å². The molecule has 0 fully saturated rings. The maximum absolute atomic E-state index is 13.1. The van der Waals surface area contributed by atoms with Crippen LogP contribution in [0.2, 0.25) is 5.02 Å². The van der Waals surface area contributed by atoms with Gasteiger partial charge in [0.1, 0.15) is 5.82 Å². The zero-order valence-corrected chi connectivity index (χ0v) is 12.9. The van der Waals surface area contributed by atoms with Gasteiger partial charge in [0.15, 0.2) is 0 Å². The van der Waals surface area contributed by atoms with Crippen molar-refractivity contribution in [1.82, 2.24) is 0 Å². The van der Waals surface area contributed by atoms with Crippen LogP contribution in [0.4, 0.5) is 4.39 Å². The first-order valence-electron chi connectivity index (χ1n) is 4.43. The monoisotopic (exact) mass is 396 g/mol. The molecular weight excluding hydrogens is 394 g/mol. The number of ketones is 1. The van der Waals surface area contributed by atoms with E-state index in [0.717, 1.165) is 0 Å². The lowest BCUT2D eigenvalue weighted by Gasteiger charge is -2.01. The molecule has 0 unspecified atom stereocenters. The van der Waals surface area contributed by atoms with E-state index in [9.17, 15) is 9.18 Å². The summed E-state index contributed by atoms with van der Waals surface area (Å²) in [6, 6.07) is 5.56. The summed E-state index contributed by atoms with van der Waals surface area (Å²) in [6.07, 6.45) is 0. The fraction of sp³-hybridized carbons (Fsp3) is 0. The van der Waals surface area contributed by atoms with E-state index in [-0.39, 0.29) is 11.3 Å². The van der Waals surface area contributed by atoms with E-state index < -0.39 is 5.82 Å². The molecule has 88 valence electrons. The van der Waals surface area contributed by atoms with Crippen molar-refractivity contribution in [3.05, 3.63) is 53.8 Å². The molecule has 17 heavy (non-hydrogen) atoms. The summed E-state index contributed by atoms with van der Waals surface area (Å²) in [5.74, 6) is -0.702. The van der Waals surface area contributed by atoms with E-state index in [1.807, 2.05) is 0 Å². The summed E-state index contributed by atoms with van der Waals surface area (Å²) in [6.45, 7) is 0. The highest BCUT2D eigenvalue weighted by molar-refractivity contribution is 9.11. The fourth-order valence-electron chi connectivity index (χ4n) is 1.26. The average Bonchev–Trinajstić information content (AvgIpc) is 2.62. The van der Waals surface area contributed by atoms with Crippen molar-refractivity contribution < 1.29 is 9.18 Å². The smallest absolute Gasteiger partial charge is 0.204 e. The molecule has 0 N–H and O–H groups in total.